The maximum atomic E-state index is 13.1. The predicted molar refractivity (Wildman–Crippen MR) is 391 cm³/mol. The van der Waals surface area contributed by atoms with Crippen molar-refractivity contribution < 1.29 is 39.8 Å². The summed E-state index contributed by atoms with van der Waals surface area (Å²) in [4.78, 5) is 13.1. The summed E-state index contributed by atoms with van der Waals surface area (Å²) >= 11 is 0. The molecule has 9 heteroatoms. The van der Waals surface area contributed by atoms with E-state index in [0.717, 1.165) is 109 Å². The van der Waals surface area contributed by atoms with Crippen LogP contribution in [0, 0.1) is 0 Å². The zero-order valence-electron chi connectivity index (χ0n) is 58.3. The second kappa shape index (κ2) is 68.9. The van der Waals surface area contributed by atoms with E-state index in [4.69, 9.17) is 9.47 Å². The summed E-state index contributed by atoms with van der Waals surface area (Å²) in [6.07, 6.45) is 99.7. The van der Waals surface area contributed by atoms with Crippen LogP contribution in [-0.4, -0.2) is 87.5 Å². The lowest BCUT2D eigenvalue weighted by Crippen LogP contribution is -2.60. The highest BCUT2D eigenvalue weighted by atomic mass is 16.7. The summed E-state index contributed by atoms with van der Waals surface area (Å²) in [7, 11) is 0. The number of carbonyl (C=O) groups excluding carboxylic acids is 1. The Bertz CT molecular complexity index is 1950. The SMILES string of the molecule is CC/C=C\C/C=C\C/C=C\C/C=C\C/C=C\C/C=C\C/C=C\C/C=C\C/C=C\C/C=C\CCCCCCC(=O)NC(COC1OC(CO)C(O)C(O)C1O)C(O)/C=C/CC/C=C/CCCCCCCCCCCCCCCCCCCCCCCCCCCCC. The Kier molecular flexibility index (Phi) is 64.4. The number of hydrogen-bond acceptors (Lipinski definition) is 8. The molecular weight excluding hydrogens is 1130 g/mol. The van der Waals surface area contributed by atoms with E-state index in [1.165, 1.54) is 173 Å². The first-order valence-corrected chi connectivity index (χ1v) is 37.6. The number of allylic oxidation sites excluding steroid dienone is 23. The van der Waals surface area contributed by atoms with Crippen molar-refractivity contribution in [3.8, 4) is 0 Å². The summed E-state index contributed by atoms with van der Waals surface area (Å²) < 4.78 is 11.3. The third-order valence-corrected chi connectivity index (χ3v) is 16.9. The third kappa shape index (κ3) is 57.3. The largest absolute Gasteiger partial charge is 0.394 e. The first kappa shape index (κ1) is 85.1. The van der Waals surface area contributed by atoms with Crippen LogP contribution in [0.3, 0.4) is 0 Å². The molecule has 9 nitrogen and oxygen atoms in total. The fourth-order valence-corrected chi connectivity index (χ4v) is 11.1. The molecule has 1 heterocycles. The second-order valence-electron chi connectivity index (χ2n) is 25.3. The molecule has 0 bridgehead atoms. The van der Waals surface area contributed by atoms with Crippen LogP contribution in [0.25, 0.3) is 0 Å². The number of carbonyl (C=O) groups is 1. The van der Waals surface area contributed by atoms with Crippen LogP contribution < -0.4 is 5.32 Å². The Labute approximate surface area is 559 Å². The Hall–Kier alpha value is -3.93. The van der Waals surface area contributed by atoms with Crippen LogP contribution in [0.15, 0.2) is 146 Å². The van der Waals surface area contributed by atoms with Crippen molar-refractivity contribution in [3.05, 3.63) is 146 Å². The molecule has 0 aliphatic carbocycles. The fourth-order valence-electron chi connectivity index (χ4n) is 11.1. The minimum Gasteiger partial charge on any atom is -0.394 e. The van der Waals surface area contributed by atoms with Crippen LogP contribution in [0.2, 0.25) is 0 Å². The average Bonchev–Trinajstić information content (AvgIpc) is 1.58. The summed E-state index contributed by atoms with van der Waals surface area (Å²) in [5.74, 6) is -0.214. The molecule has 520 valence electrons. The molecule has 1 saturated heterocycles. The van der Waals surface area contributed by atoms with Gasteiger partial charge in [-0.3, -0.25) is 4.79 Å². The maximum Gasteiger partial charge on any atom is 0.220 e. The molecule has 0 aromatic rings. The van der Waals surface area contributed by atoms with Crippen molar-refractivity contribution in [2.45, 2.75) is 352 Å². The van der Waals surface area contributed by atoms with Gasteiger partial charge in [0.15, 0.2) is 6.29 Å². The summed E-state index contributed by atoms with van der Waals surface area (Å²) in [6.45, 7) is 3.66. The van der Waals surface area contributed by atoms with Crippen molar-refractivity contribution in [2.75, 3.05) is 13.2 Å². The predicted octanol–water partition coefficient (Wildman–Crippen LogP) is 21.3. The number of unbranched alkanes of at least 4 members (excludes halogenated alkanes) is 32. The molecule has 1 aliphatic heterocycles. The zero-order chi connectivity index (χ0) is 65.7. The second-order valence-corrected chi connectivity index (χ2v) is 25.3. The molecule has 7 atom stereocenters. The molecule has 0 aromatic heterocycles. The van der Waals surface area contributed by atoms with Gasteiger partial charge in [0.05, 0.1) is 25.4 Å². The lowest BCUT2D eigenvalue weighted by Gasteiger charge is -2.40. The van der Waals surface area contributed by atoms with Gasteiger partial charge < -0.3 is 40.3 Å². The molecule has 1 rings (SSSR count). The van der Waals surface area contributed by atoms with Crippen LogP contribution >= 0.6 is 0 Å². The fraction of sp³-hybridized carbons (Fsp3) is 0.695. The van der Waals surface area contributed by atoms with E-state index in [0.29, 0.717) is 12.8 Å². The normalized spacial score (nSPS) is 18.6. The van der Waals surface area contributed by atoms with Gasteiger partial charge in [-0.25, -0.2) is 0 Å². The molecule has 0 aromatic carbocycles. The van der Waals surface area contributed by atoms with Crippen molar-refractivity contribution in [3.63, 3.8) is 0 Å². The van der Waals surface area contributed by atoms with Gasteiger partial charge in [0, 0.05) is 6.42 Å². The maximum absolute atomic E-state index is 13.1. The van der Waals surface area contributed by atoms with E-state index in [1.54, 1.807) is 6.08 Å². The van der Waals surface area contributed by atoms with Gasteiger partial charge in [-0.15, -0.1) is 0 Å². The Morgan fingerprint density at radius 3 is 1.05 bits per heavy atom. The molecule has 0 radical (unpaired) electrons. The van der Waals surface area contributed by atoms with Gasteiger partial charge in [-0.2, -0.15) is 0 Å². The lowest BCUT2D eigenvalue weighted by atomic mass is 9.99. The first-order chi connectivity index (χ1) is 44.8. The van der Waals surface area contributed by atoms with Gasteiger partial charge in [-0.1, -0.05) is 339 Å². The molecule has 6 N–H and O–H groups in total. The standard InChI is InChI=1S/C82H139NO8/c1-3-5-7-9-11-13-15-17-19-21-23-25-27-29-31-33-35-37-38-40-42-44-46-48-50-52-54-56-58-60-62-64-66-68-70-72-78(86)83-75(74-90-82-81(89)80(88)79(87)77(73-84)91-82)76(85)71-69-67-65-63-61-59-57-55-53-51-49-47-45-43-41-39-36-34-32-30-28-26-24-22-20-18-16-14-12-10-8-6-4-2/h5,7,11,13,17,19,23,25,29,31,35,37,40,42,46,48,52,54,58,60-61,63,69,71,75-77,79-82,84-85,87-89H,3-4,6,8-10,12,14-16,18,20-22,24,26-28,30,32-34,36,38-39,41,43-45,47,49-51,53,55-57,59,62,64-68,70,72-74H2,1-2H3,(H,83,86)/b7-5-,13-11-,19-17-,25-23-,31-29-,37-35-,42-40-,48-46-,54-52-,60-58-,63-61+,71-69+. The summed E-state index contributed by atoms with van der Waals surface area (Å²) in [5, 5.41) is 54.8. The Balaban J connectivity index is 2.19. The number of aliphatic hydroxyl groups excluding tert-OH is 5. The summed E-state index contributed by atoms with van der Waals surface area (Å²) in [5.41, 5.74) is 0. The van der Waals surface area contributed by atoms with E-state index in [9.17, 15) is 30.3 Å². The number of amides is 1. The minimum absolute atomic E-state index is 0.214. The van der Waals surface area contributed by atoms with E-state index in [-0.39, 0.29) is 12.5 Å². The quantitative estimate of drug-likeness (QED) is 0.0261. The lowest BCUT2D eigenvalue weighted by molar-refractivity contribution is -0.302. The number of hydrogen-bond donors (Lipinski definition) is 6. The van der Waals surface area contributed by atoms with Gasteiger partial charge >= 0.3 is 0 Å². The molecule has 91 heavy (non-hydrogen) atoms. The summed E-state index contributed by atoms with van der Waals surface area (Å²) in [6, 6.07) is -0.850. The van der Waals surface area contributed by atoms with Crippen molar-refractivity contribution in [1.29, 1.82) is 0 Å². The molecule has 0 spiro atoms. The molecule has 1 amide bonds. The molecule has 7 unspecified atom stereocenters. The molecule has 0 saturated carbocycles. The number of nitrogens with one attached hydrogen (secondary N) is 1. The average molecular weight is 1270 g/mol. The van der Waals surface area contributed by atoms with E-state index in [2.05, 4.69) is 153 Å². The third-order valence-electron chi connectivity index (χ3n) is 16.9. The first-order valence-electron chi connectivity index (χ1n) is 37.6. The van der Waals surface area contributed by atoms with E-state index in [1.807, 2.05) is 6.08 Å². The zero-order valence-corrected chi connectivity index (χ0v) is 58.3. The molecule has 1 fully saturated rings. The van der Waals surface area contributed by atoms with Crippen molar-refractivity contribution in [1.82, 2.24) is 5.32 Å². The van der Waals surface area contributed by atoms with Crippen LogP contribution in [0.4, 0.5) is 0 Å². The minimum atomic E-state index is -1.59. The number of aliphatic hydroxyl groups is 5. The topological polar surface area (TPSA) is 149 Å². The smallest absolute Gasteiger partial charge is 0.220 e. The Morgan fingerprint density at radius 1 is 0.385 bits per heavy atom. The van der Waals surface area contributed by atoms with E-state index < -0.39 is 49.5 Å². The van der Waals surface area contributed by atoms with Gasteiger partial charge in [0.2, 0.25) is 5.91 Å². The highest BCUT2D eigenvalue weighted by molar-refractivity contribution is 5.76. The van der Waals surface area contributed by atoms with Gasteiger partial charge in [-0.05, 0) is 109 Å². The van der Waals surface area contributed by atoms with Crippen molar-refractivity contribution in [2.24, 2.45) is 0 Å². The van der Waals surface area contributed by atoms with Crippen molar-refractivity contribution >= 4 is 5.91 Å². The highest BCUT2D eigenvalue weighted by Crippen LogP contribution is 2.23. The van der Waals surface area contributed by atoms with Crippen LogP contribution in [0.5, 0.6) is 0 Å². The Morgan fingerprint density at radius 2 is 0.692 bits per heavy atom. The van der Waals surface area contributed by atoms with E-state index >= 15 is 0 Å². The highest BCUT2D eigenvalue weighted by Gasteiger charge is 2.44. The van der Waals surface area contributed by atoms with Gasteiger partial charge in [0.1, 0.15) is 24.4 Å². The van der Waals surface area contributed by atoms with Crippen LogP contribution in [-0.2, 0) is 14.3 Å². The van der Waals surface area contributed by atoms with Gasteiger partial charge in [0.25, 0.3) is 0 Å². The van der Waals surface area contributed by atoms with Crippen LogP contribution in [0.1, 0.15) is 309 Å². The molecular formula is C82H139NO8. The molecule has 1 aliphatic rings. The monoisotopic (exact) mass is 1270 g/mol. The number of rotatable bonds is 64. The number of ether oxygens (including phenoxy) is 2.